The van der Waals surface area contributed by atoms with Crippen LogP contribution < -0.4 is 5.73 Å². The minimum atomic E-state index is 0. The topological polar surface area (TPSA) is 46.2 Å². The minimum Gasteiger partial charge on any atom is -0.396 e. The Morgan fingerprint density at radius 1 is 1.30 bits per heavy atom. The van der Waals surface area contributed by atoms with E-state index in [1.165, 1.54) is 12.8 Å². The Labute approximate surface area is 68.2 Å². The third-order valence-electron chi connectivity index (χ3n) is 2.24. The normalized spacial score (nSPS) is 31.8. The van der Waals surface area contributed by atoms with E-state index < -0.39 is 0 Å². The van der Waals surface area contributed by atoms with E-state index in [0.717, 1.165) is 13.0 Å². The summed E-state index contributed by atoms with van der Waals surface area (Å²) in [5, 5.41) is 8.74. The van der Waals surface area contributed by atoms with Gasteiger partial charge in [-0.25, -0.2) is 0 Å². The Kier molecular flexibility index (Phi) is 5.04. The molecule has 0 spiro atoms. The van der Waals surface area contributed by atoms with Gasteiger partial charge in [-0.2, -0.15) is 0 Å². The van der Waals surface area contributed by atoms with Crippen LogP contribution in [-0.2, 0) is 0 Å². The maximum absolute atomic E-state index is 8.74. The molecule has 0 saturated heterocycles. The highest BCUT2D eigenvalue weighted by molar-refractivity contribution is 5.85. The number of hydrogen-bond acceptors (Lipinski definition) is 2. The van der Waals surface area contributed by atoms with Crippen LogP contribution in [0.4, 0.5) is 0 Å². The van der Waals surface area contributed by atoms with Gasteiger partial charge in [0.05, 0.1) is 0 Å². The average molecular weight is 166 g/mol. The maximum Gasteiger partial charge on any atom is 0.0459 e. The van der Waals surface area contributed by atoms with Crippen molar-refractivity contribution in [2.75, 3.05) is 13.2 Å². The number of hydrogen-bond donors (Lipinski definition) is 2. The predicted molar refractivity (Wildman–Crippen MR) is 44.2 cm³/mol. The number of aliphatic hydroxyl groups is 1. The summed E-state index contributed by atoms with van der Waals surface area (Å²) in [7, 11) is 0. The zero-order valence-electron chi connectivity index (χ0n) is 6.12. The second-order valence-corrected chi connectivity index (χ2v) is 2.96. The molecule has 2 atom stereocenters. The zero-order chi connectivity index (χ0) is 6.69. The Hall–Kier alpha value is 0.210. The van der Waals surface area contributed by atoms with Crippen molar-refractivity contribution in [1.29, 1.82) is 0 Å². The highest BCUT2D eigenvalue weighted by atomic mass is 35.5. The summed E-state index contributed by atoms with van der Waals surface area (Å²) in [6.45, 7) is 1.16. The van der Waals surface area contributed by atoms with Crippen LogP contribution in [0.15, 0.2) is 0 Å². The summed E-state index contributed by atoms with van der Waals surface area (Å²) in [6.07, 6.45) is 3.55. The molecule has 0 radical (unpaired) electrons. The van der Waals surface area contributed by atoms with E-state index in [0.29, 0.717) is 18.4 Å². The van der Waals surface area contributed by atoms with Crippen molar-refractivity contribution >= 4 is 12.4 Å². The lowest BCUT2D eigenvalue weighted by molar-refractivity contribution is 0.226. The largest absolute Gasteiger partial charge is 0.396 e. The molecule has 1 rings (SSSR count). The first-order chi connectivity index (χ1) is 4.36. The SMILES string of the molecule is Cl.NC[C@H]1CC[C@@H](CO)C1. The molecule has 1 saturated carbocycles. The molecule has 0 heterocycles. The van der Waals surface area contributed by atoms with Crippen molar-refractivity contribution in [2.45, 2.75) is 19.3 Å². The number of aliphatic hydroxyl groups excluding tert-OH is 1. The van der Waals surface area contributed by atoms with Crippen LogP contribution >= 0.6 is 12.4 Å². The quantitative estimate of drug-likeness (QED) is 0.635. The third kappa shape index (κ3) is 2.45. The monoisotopic (exact) mass is 165 g/mol. The van der Waals surface area contributed by atoms with Crippen molar-refractivity contribution < 1.29 is 5.11 Å². The highest BCUT2D eigenvalue weighted by Gasteiger charge is 2.22. The zero-order valence-corrected chi connectivity index (χ0v) is 6.94. The van der Waals surface area contributed by atoms with Gasteiger partial charge in [0.15, 0.2) is 0 Å². The molecule has 3 heteroatoms. The second-order valence-electron chi connectivity index (χ2n) is 2.96. The third-order valence-corrected chi connectivity index (χ3v) is 2.24. The van der Waals surface area contributed by atoms with Crippen molar-refractivity contribution in [3.63, 3.8) is 0 Å². The van der Waals surface area contributed by atoms with Crippen molar-refractivity contribution in [1.82, 2.24) is 0 Å². The summed E-state index contributed by atoms with van der Waals surface area (Å²) in [5.74, 6) is 1.25. The highest BCUT2D eigenvalue weighted by Crippen LogP contribution is 2.29. The molecule has 0 amide bonds. The van der Waals surface area contributed by atoms with Crippen LogP contribution in [0.3, 0.4) is 0 Å². The van der Waals surface area contributed by atoms with Gasteiger partial charge in [0.25, 0.3) is 0 Å². The lowest BCUT2D eigenvalue weighted by Crippen LogP contribution is -2.11. The van der Waals surface area contributed by atoms with Crippen molar-refractivity contribution in [3.05, 3.63) is 0 Å². The van der Waals surface area contributed by atoms with Crippen LogP contribution in [0.5, 0.6) is 0 Å². The molecule has 0 aliphatic heterocycles. The average Bonchev–Trinajstić information content (AvgIpc) is 2.34. The Morgan fingerprint density at radius 2 is 1.90 bits per heavy atom. The van der Waals surface area contributed by atoms with Gasteiger partial charge < -0.3 is 10.8 Å². The summed E-state index contributed by atoms with van der Waals surface area (Å²) >= 11 is 0. The second kappa shape index (κ2) is 4.94. The van der Waals surface area contributed by atoms with Crippen molar-refractivity contribution in [2.24, 2.45) is 17.6 Å². The number of halogens is 1. The molecule has 0 bridgehead atoms. The molecule has 0 aromatic heterocycles. The first-order valence-corrected chi connectivity index (χ1v) is 3.67. The minimum absolute atomic E-state index is 0. The van der Waals surface area contributed by atoms with Crippen LogP contribution in [0.2, 0.25) is 0 Å². The van der Waals surface area contributed by atoms with Crippen LogP contribution in [0.25, 0.3) is 0 Å². The fraction of sp³-hybridized carbons (Fsp3) is 1.00. The molecule has 62 valence electrons. The molecule has 3 N–H and O–H groups in total. The lowest BCUT2D eigenvalue weighted by Gasteiger charge is -2.04. The molecule has 0 aromatic carbocycles. The standard InChI is InChI=1S/C7H15NO.ClH/c8-4-6-1-2-7(3-6)5-9;/h6-7,9H,1-5,8H2;1H/t6-,7+;/m0./s1. The van der Waals surface area contributed by atoms with Gasteiger partial charge in [-0.15, -0.1) is 12.4 Å². The van der Waals surface area contributed by atoms with Gasteiger partial charge in [-0.05, 0) is 37.6 Å². The Bertz CT molecular complexity index is 79.7. The Morgan fingerprint density at radius 3 is 2.20 bits per heavy atom. The summed E-state index contributed by atoms with van der Waals surface area (Å²) in [4.78, 5) is 0. The fourth-order valence-electron chi connectivity index (χ4n) is 1.56. The summed E-state index contributed by atoms with van der Waals surface area (Å²) in [6, 6.07) is 0. The van der Waals surface area contributed by atoms with Crippen LogP contribution in [-0.4, -0.2) is 18.3 Å². The van der Waals surface area contributed by atoms with Gasteiger partial charge in [0.1, 0.15) is 0 Å². The van der Waals surface area contributed by atoms with Crippen LogP contribution in [0.1, 0.15) is 19.3 Å². The van der Waals surface area contributed by atoms with Gasteiger partial charge in [0, 0.05) is 6.61 Å². The molecule has 0 unspecified atom stereocenters. The van der Waals surface area contributed by atoms with Gasteiger partial charge in [-0.3, -0.25) is 0 Å². The first-order valence-electron chi connectivity index (χ1n) is 3.67. The molecular formula is C7H16ClNO. The lowest BCUT2D eigenvalue weighted by atomic mass is 10.1. The van der Waals surface area contributed by atoms with Gasteiger partial charge >= 0.3 is 0 Å². The van der Waals surface area contributed by atoms with E-state index >= 15 is 0 Å². The molecule has 1 aliphatic rings. The van der Waals surface area contributed by atoms with E-state index in [1.54, 1.807) is 0 Å². The van der Waals surface area contributed by atoms with E-state index in [4.69, 9.17) is 10.8 Å². The van der Waals surface area contributed by atoms with E-state index in [-0.39, 0.29) is 12.4 Å². The summed E-state index contributed by atoms with van der Waals surface area (Å²) in [5.41, 5.74) is 5.47. The van der Waals surface area contributed by atoms with E-state index in [1.807, 2.05) is 0 Å². The fourth-order valence-corrected chi connectivity index (χ4v) is 1.56. The maximum atomic E-state index is 8.74. The van der Waals surface area contributed by atoms with Crippen molar-refractivity contribution in [3.8, 4) is 0 Å². The van der Waals surface area contributed by atoms with Gasteiger partial charge in [-0.1, -0.05) is 0 Å². The number of rotatable bonds is 2. The molecule has 1 aliphatic carbocycles. The Balaban J connectivity index is 0.000000810. The predicted octanol–water partition coefficient (Wildman–Crippen LogP) is 0.775. The molecule has 0 aromatic rings. The van der Waals surface area contributed by atoms with Gasteiger partial charge in [0.2, 0.25) is 0 Å². The number of nitrogens with two attached hydrogens (primary N) is 1. The van der Waals surface area contributed by atoms with E-state index in [2.05, 4.69) is 0 Å². The molecular weight excluding hydrogens is 150 g/mol. The summed E-state index contributed by atoms with van der Waals surface area (Å²) < 4.78 is 0. The first kappa shape index (κ1) is 10.2. The smallest absolute Gasteiger partial charge is 0.0459 e. The van der Waals surface area contributed by atoms with E-state index in [9.17, 15) is 0 Å². The van der Waals surface area contributed by atoms with Crippen LogP contribution in [0, 0.1) is 11.8 Å². The molecule has 10 heavy (non-hydrogen) atoms. The molecule has 2 nitrogen and oxygen atoms in total. The molecule has 1 fully saturated rings.